The summed E-state index contributed by atoms with van der Waals surface area (Å²) in [4.78, 5) is 25.5. The van der Waals surface area contributed by atoms with Gasteiger partial charge in [-0.1, -0.05) is 30.4 Å². The topological polar surface area (TPSA) is 100 Å². The number of rotatable bonds is 8. The summed E-state index contributed by atoms with van der Waals surface area (Å²) in [5.41, 5.74) is 6.06. The van der Waals surface area contributed by atoms with E-state index in [1.165, 1.54) is 0 Å². The first-order chi connectivity index (χ1) is 21.2. The lowest BCUT2D eigenvalue weighted by atomic mass is 10.1. The molecule has 1 fully saturated rings. The zero-order valence-corrected chi connectivity index (χ0v) is 26.3. The molecule has 2 unspecified atom stereocenters. The molecular weight excluding hydrogens is 554 g/mol. The standard InChI is InChI=1S/C28H34N4O3.C7H9NO/c1-19(2)10-13-26(33)20(3)27-30-24-12-11-21(16-25(24)31(27)4)28(34)32-15-7-9-23(17-32)35-18-22-8-5-6-14-29-22;1-6-4-3-5-8-7(6)9-2/h5-6,8,10-14,16,23,27,30,33H,3,7,9,15,17-18H2,1-2,4H3;3-5H,1-2H3/b26-13+;. The van der Waals surface area contributed by atoms with Crippen molar-refractivity contribution >= 4 is 17.3 Å². The SMILES string of the molecule is C=C(/C(O)=C\C=C(C)C)C1Nc2ccc(C(=O)N3CCCC(OCc4ccccn4)C3)cc2N1C.COc1ncccc1C. The molecule has 9 nitrogen and oxygen atoms in total. The van der Waals surface area contributed by atoms with Crippen LogP contribution in [0.5, 0.6) is 5.88 Å². The number of carbonyl (C=O) groups is 1. The Bertz CT molecular complexity index is 1500. The lowest BCUT2D eigenvalue weighted by molar-refractivity contribution is -0.00785. The number of methoxy groups -OCH3 is 1. The van der Waals surface area contributed by atoms with E-state index in [2.05, 4.69) is 21.9 Å². The molecule has 2 aliphatic heterocycles. The van der Waals surface area contributed by atoms with Crippen molar-refractivity contribution < 1.29 is 19.4 Å². The number of nitrogens with zero attached hydrogens (tertiary/aromatic N) is 4. The molecule has 0 aliphatic carbocycles. The lowest BCUT2D eigenvalue weighted by Gasteiger charge is -2.33. The molecule has 5 rings (SSSR count). The first kappa shape index (κ1) is 32.3. The maximum absolute atomic E-state index is 13.3. The average Bonchev–Trinajstić information content (AvgIpc) is 3.38. The molecule has 2 aliphatic rings. The summed E-state index contributed by atoms with van der Waals surface area (Å²) >= 11 is 0. The number of ether oxygens (including phenoxy) is 2. The van der Waals surface area contributed by atoms with Crippen LogP contribution in [0.4, 0.5) is 11.4 Å². The van der Waals surface area contributed by atoms with Gasteiger partial charge < -0.3 is 29.7 Å². The number of hydrogen-bond donors (Lipinski definition) is 2. The number of amides is 1. The Morgan fingerprint density at radius 2 is 1.93 bits per heavy atom. The fourth-order valence-electron chi connectivity index (χ4n) is 5.09. The summed E-state index contributed by atoms with van der Waals surface area (Å²) in [6, 6.07) is 15.3. The number of pyridine rings is 2. The quantitative estimate of drug-likeness (QED) is 0.226. The van der Waals surface area contributed by atoms with Crippen molar-refractivity contribution in [1.29, 1.82) is 0 Å². The summed E-state index contributed by atoms with van der Waals surface area (Å²) in [5.74, 6) is 0.836. The number of likely N-dealkylation sites (tertiary alicyclic amines) is 1. The van der Waals surface area contributed by atoms with E-state index in [0.717, 1.165) is 47.6 Å². The highest BCUT2D eigenvalue weighted by Gasteiger charge is 2.31. The van der Waals surface area contributed by atoms with Gasteiger partial charge in [0.1, 0.15) is 11.9 Å². The van der Waals surface area contributed by atoms with Crippen LogP contribution in [0.15, 0.2) is 96.6 Å². The predicted molar refractivity (Wildman–Crippen MR) is 175 cm³/mol. The monoisotopic (exact) mass is 597 g/mol. The third-order valence-corrected chi connectivity index (χ3v) is 7.55. The summed E-state index contributed by atoms with van der Waals surface area (Å²) in [6.07, 6.45) is 8.53. The van der Waals surface area contributed by atoms with Crippen LogP contribution in [0.25, 0.3) is 0 Å². The second-order valence-electron chi connectivity index (χ2n) is 11.2. The van der Waals surface area contributed by atoms with Gasteiger partial charge in [-0.3, -0.25) is 9.78 Å². The molecule has 0 bridgehead atoms. The van der Waals surface area contributed by atoms with Crippen LogP contribution in [-0.2, 0) is 11.3 Å². The smallest absolute Gasteiger partial charge is 0.254 e. The van der Waals surface area contributed by atoms with Gasteiger partial charge in [-0.2, -0.15) is 0 Å². The Labute approximate surface area is 260 Å². The minimum atomic E-state index is -0.295. The molecule has 1 saturated heterocycles. The molecule has 1 amide bonds. The molecule has 2 N–H and O–H groups in total. The maximum Gasteiger partial charge on any atom is 0.254 e. The van der Waals surface area contributed by atoms with Crippen LogP contribution >= 0.6 is 0 Å². The number of allylic oxidation sites excluding steroid dienone is 3. The van der Waals surface area contributed by atoms with Crippen LogP contribution in [0, 0.1) is 6.92 Å². The zero-order valence-electron chi connectivity index (χ0n) is 26.3. The Balaban J connectivity index is 0.000000421. The largest absolute Gasteiger partial charge is 0.508 e. The number of likely N-dealkylation sites (N-methyl/N-ethyl adjacent to an activating group) is 1. The van der Waals surface area contributed by atoms with E-state index in [9.17, 15) is 9.90 Å². The van der Waals surface area contributed by atoms with Crippen molar-refractivity contribution in [3.8, 4) is 5.88 Å². The molecule has 232 valence electrons. The molecule has 0 radical (unpaired) electrons. The normalized spacial score (nSPS) is 17.5. The second-order valence-corrected chi connectivity index (χ2v) is 11.2. The molecular formula is C35H43N5O4. The average molecular weight is 598 g/mol. The summed E-state index contributed by atoms with van der Waals surface area (Å²) < 4.78 is 11.0. The fraction of sp³-hybridized carbons (Fsp3) is 0.343. The van der Waals surface area contributed by atoms with E-state index in [1.807, 2.05) is 92.2 Å². The maximum atomic E-state index is 13.3. The van der Waals surface area contributed by atoms with Crippen molar-refractivity contribution in [2.45, 2.75) is 52.5 Å². The number of nitrogens with one attached hydrogen (secondary N) is 1. The van der Waals surface area contributed by atoms with E-state index in [-0.39, 0.29) is 23.9 Å². The summed E-state index contributed by atoms with van der Waals surface area (Å²) in [7, 11) is 3.55. The Hall–Kier alpha value is -4.63. The fourth-order valence-corrected chi connectivity index (χ4v) is 5.09. The van der Waals surface area contributed by atoms with Crippen LogP contribution in [0.3, 0.4) is 0 Å². The highest BCUT2D eigenvalue weighted by Crippen LogP contribution is 2.37. The van der Waals surface area contributed by atoms with Crippen molar-refractivity contribution in [3.63, 3.8) is 0 Å². The van der Waals surface area contributed by atoms with E-state index >= 15 is 0 Å². The highest BCUT2D eigenvalue weighted by atomic mass is 16.5. The first-order valence-corrected chi connectivity index (χ1v) is 14.8. The van der Waals surface area contributed by atoms with E-state index in [4.69, 9.17) is 9.47 Å². The zero-order chi connectivity index (χ0) is 31.6. The third-order valence-electron chi connectivity index (χ3n) is 7.55. The molecule has 2 atom stereocenters. The van der Waals surface area contributed by atoms with Gasteiger partial charge in [0.2, 0.25) is 5.88 Å². The van der Waals surface area contributed by atoms with E-state index in [0.29, 0.717) is 30.2 Å². The molecule has 0 saturated carbocycles. The van der Waals surface area contributed by atoms with Crippen LogP contribution < -0.4 is 15.0 Å². The molecule has 4 heterocycles. The van der Waals surface area contributed by atoms with Gasteiger partial charge in [-0.05, 0) is 76.1 Å². The van der Waals surface area contributed by atoms with Gasteiger partial charge in [-0.15, -0.1) is 0 Å². The summed E-state index contributed by atoms with van der Waals surface area (Å²) in [6.45, 7) is 11.7. The number of fused-ring (bicyclic) bond motifs is 1. The minimum absolute atomic E-state index is 0.000846. The van der Waals surface area contributed by atoms with Crippen molar-refractivity contribution in [1.82, 2.24) is 14.9 Å². The Morgan fingerprint density at radius 3 is 2.61 bits per heavy atom. The molecule has 3 aromatic rings. The van der Waals surface area contributed by atoms with Gasteiger partial charge >= 0.3 is 0 Å². The molecule has 2 aromatic heterocycles. The Morgan fingerprint density at radius 1 is 1.14 bits per heavy atom. The lowest BCUT2D eigenvalue weighted by Crippen LogP contribution is -2.43. The predicted octanol–water partition coefficient (Wildman–Crippen LogP) is 6.45. The molecule has 44 heavy (non-hydrogen) atoms. The van der Waals surface area contributed by atoms with Gasteiger partial charge in [0.05, 0.1) is 36.9 Å². The number of aromatic nitrogens is 2. The molecule has 1 aromatic carbocycles. The molecule has 9 heteroatoms. The Kier molecular flexibility index (Phi) is 11.2. The number of aliphatic hydroxyl groups excluding tert-OH is 1. The second kappa shape index (κ2) is 15.2. The number of benzene rings is 1. The number of anilines is 2. The van der Waals surface area contributed by atoms with Gasteiger partial charge in [0.25, 0.3) is 5.91 Å². The number of carbonyl (C=O) groups excluding carboxylic acids is 1. The number of aliphatic hydroxyl groups is 1. The number of aryl methyl sites for hydroxylation is 1. The minimum Gasteiger partial charge on any atom is -0.508 e. The third kappa shape index (κ3) is 8.26. The van der Waals surface area contributed by atoms with Gasteiger partial charge in [0, 0.05) is 49.2 Å². The number of hydrogen-bond acceptors (Lipinski definition) is 8. The van der Waals surface area contributed by atoms with Crippen molar-refractivity contribution in [3.05, 3.63) is 113 Å². The van der Waals surface area contributed by atoms with Crippen LogP contribution in [0.1, 0.15) is 48.3 Å². The van der Waals surface area contributed by atoms with E-state index < -0.39 is 0 Å². The van der Waals surface area contributed by atoms with Crippen LogP contribution in [0.2, 0.25) is 0 Å². The first-order valence-electron chi connectivity index (χ1n) is 14.8. The van der Waals surface area contributed by atoms with Gasteiger partial charge in [-0.25, -0.2) is 4.98 Å². The summed E-state index contributed by atoms with van der Waals surface area (Å²) in [5, 5.41) is 13.8. The van der Waals surface area contributed by atoms with Crippen molar-refractivity contribution in [2.24, 2.45) is 0 Å². The highest BCUT2D eigenvalue weighted by molar-refractivity contribution is 5.97. The van der Waals surface area contributed by atoms with Gasteiger partial charge in [0.15, 0.2) is 0 Å². The van der Waals surface area contributed by atoms with E-state index in [1.54, 1.807) is 25.6 Å². The van der Waals surface area contributed by atoms with Crippen LogP contribution in [-0.4, -0.2) is 65.4 Å². The van der Waals surface area contributed by atoms with Crippen molar-refractivity contribution in [2.75, 3.05) is 37.5 Å². The number of piperidine rings is 1. The molecule has 0 spiro atoms.